The van der Waals surface area contributed by atoms with Crippen molar-refractivity contribution < 1.29 is 4.55 Å². The van der Waals surface area contributed by atoms with Crippen molar-refractivity contribution in [2.45, 2.75) is 24.7 Å². The average Bonchev–Trinajstić information content (AvgIpc) is 2.75. The highest BCUT2D eigenvalue weighted by Gasteiger charge is 2.54. The van der Waals surface area contributed by atoms with E-state index in [-0.39, 0.29) is 0 Å². The van der Waals surface area contributed by atoms with Crippen LogP contribution in [0.4, 0.5) is 5.69 Å². The predicted octanol–water partition coefficient (Wildman–Crippen LogP) is 3.42. The number of nitrogens with zero attached hydrogens (tertiary/aromatic N) is 1. The molecule has 1 spiro atoms. The van der Waals surface area contributed by atoms with Crippen molar-refractivity contribution in [2.24, 2.45) is 11.3 Å². The van der Waals surface area contributed by atoms with E-state index in [4.69, 9.17) is 0 Å². The fourth-order valence-corrected chi connectivity index (χ4v) is 4.47. The van der Waals surface area contributed by atoms with E-state index >= 15 is 0 Å². The minimum absolute atomic E-state index is 0.603. The van der Waals surface area contributed by atoms with Crippen LogP contribution in [0.3, 0.4) is 0 Å². The number of rotatable bonds is 2. The van der Waals surface area contributed by atoms with Crippen LogP contribution in [-0.4, -0.2) is 23.9 Å². The third kappa shape index (κ3) is 2.08. The van der Waals surface area contributed by atoms with E-state index in [1.807, 2.05) is 12.1 Å². The van der Waals surface area contributed by atoms with Gasteiger partial charge in [0.2, 0.25) is 0 Å². The summed E-state index contributed by atoms with van der Waals surface area (Å²) >= 11 is 2.72. The van der Waals surface area contributed by atoms with Gasteiger partial charge in [-0.05, 0) is 63.4 Å². The topological polar surface area (TPSA) is 26.3 Å². The molecule has 1 aliphatic carbocycles. The van der Waals surface area contributed by atoms with Gasteiger partial charge in [0.05, 0.1) is 5.69 Å². The summed E-state index contributed by atoms with van der Waals surface area (Å²) in [6.07, 6.45) is 4.43. The van der Waals surface area contributed by atoms with Crippen LogP contribution in [0.25, 0.3) is 0 Å². The van der Waals surface area contributed by atoms with Gasteiger partial charge in [0.25, 0.3) is 0 Å². The molecule has 1 saturated carbocycles. The highest BCUT2D eigenvalue weighted by atomic mass is 79.9. The van der Waals surface area contributed by atoms with Crippen LogP contribution in [0.1, 0.15) is 19.8 Å². The first-order valence-electron chi connectivity index (χ1n) is 6.40. The zero-order valence-corrected chi connectivity index (χ0v) is 13.2. The Morgan fingerprint density at radius 1 is 1.50 bits per heavy atom. The summed E-state index contributed by atoms with van der Waals surface area (Å²) in [6, 6.07) is 6.08. The van der Waals surface area contributed by atoms with Crippen molar-refractivity contribution in [1.29, 1.82) is 0 Å². The van der Waals surface area contributed by atoms with Crippen molar-refractivity contribution in [2.75, 3.05) is 24.2 Å². The normalized spacial score (nSPS) is 32.0. The molecule has 1 aromatic carbocycles. The minimum Gasteiger partial charge on any atom is -0.612 e. The summed E-state index contributed by atoms with van der Waals surface area (Å²) in [7, 11) is 0. The molecule has 0 bridgehead atoms. The first kappa shape index (κ1) is 12.8. The maximum Gasteiger partial charge on any atom is 0.153 e. The Kier molecular flexibility index (Phi) is 3.15. The van der Waals surface area contributed by atoms with Gasteiger partial charge in [0, 0.05) is 23.6 Å². The van der Waals surface area contributed by atoms with Crippen molar-refractivity contribution in [1.82, 2.24) is 0 Å². The number of anilines is 1. The zero-order valence-electron chi connectivity index (χ0n) is 10.8. The Bertz CT molecular complexity index is 479. The number of halogens is 1. The van der Waals surface area contributed by atoms with Gasteiger partial charge in [0.1, 0.15) is 6.26 Å². The van der Waals surface area contributed by atoms with Crippen LogP contribution >= 0.6 is 15.9 Å². The third-order valence-electron chi connectivity index (χ3n) is 4.58. The summed E-state index contributed by atoms with van der Waals surface area (Å²) in [5, 5.41) is 0. The second-order valence-corrected chi connectivity index (χ2v) is 7.94. The summed E-state index contributed by atoms with van der Waals surface area (Å²) in [4.78, 5) is 3.36. The molecule has 0 radical (unpaired) electrons. The molecule has 2 nitrogen and oxygen atoms in total. The van der Waals surface area contributed by atoms with Gasteiger partial charge < -0.3 is 9.45 Å². The summed E-state index contributed by atoms with van der Waals surface area (Å²) in [6.45, 7) is 4.70. The summed E-state index contributed by atoms with van der Waals surface area (Å²) < 4.78 is 12.5. The van der Waals surface area contributed by atoms with Crippen molar-refractivity contribution in [3.8, 4) is 0 Å². The highest BCUT2D eigenvalue weighted by molar-refractivity contribution is 9.10. The molecule has 1 aromatic rings. The number of benzene rings is 1. The molecule has 0 aromatic heterocycles. The molecule has 2 fully saturated rings. The SMILES string of the molecule is CC1CC12CCN(c1ccc([S+](C)[O-])cc1Br)C2. The monoisotopic (exact) mass is 327 g/mol. The second kappa shape index (κ2) is 4.43. The molecule has 18 heavy (non-hydrogen) atoms. The van der Waals surface area contributed by atoms with Crippen LogP contribution < -0.4 is 4.90 Å². The average molecular weight is 328 g/mol. The molecule has 3 atom stereocenters. The Morgan fingerprint density at radius 3 is 2.72 bits per heavy atom. The predicted molar refractivity (Wildman–Crippen MR) is 79.5 cm³/mol. The maximum atomic E-state index is 11.5. The Labute approximate surface area is 120 Å². The van der Waals surface area contributed by atoms with E-state index in [1.165, 1.54) is 25.1 Å². The van der Waals surface area contributed by atoms with E-state index < -0.39 is 11.2 Å². The first-order chi connectivity index (χ1) is 8.52. The zero-order chi connectivity index (χ0) is 12.9. The number of hydrogen-bond acceptors (Lipinski definition) is 2. The Morgan fingerprint density at radius 2 is 2.22 bits per heavy atom. The van der Waals surface area contributed by atoms with E-state index in [0.717, 1.165) is 21.8 Å². The molecule has 0 N–H and O–H groups in total. The van der Waals surface area contributed by atoms with Gasteiger partial charge in [0.15, 0.2) is 4.90 Å². The summed E-state index contributed by atoms with van der Waals surface area (Å²) in [5.41, 5.74) is 1.85. The van der Waals surface area contributed by atoms with Crippen LogP contribution in [-0.2, 0) is 11.2 Å². The van der Waals surface area contributed by atoms with Crippen LogP contribution in [0.5, 0.6) is 0 Å². The van der Waals surface area contributed by atoms with E-state index in [1.54, 1.807) is 6.26 Å². The smallest absolute Gasteiger partial charge is 0.153 e. The fraction of sp³-hybridized carbons (Fsp3) is 0.571. The van der Waals surface area contributed by atoms with Gasteiger partial charge in [-0.2, -0.15) is 0 Å². The molecule has 1 aliphatic heterocycles. The second-order valence-electron chi connectivity index (χ2n) is 5.71. The highest BCUT2D eigenvalue weighted by Crippen LogP contribution is 2.58. The maximum absolute atomic E-state index is 11.5. The van der Waals surface area contributed by atoms with Crippen molar-refractivity contribution in [3.63, 3.8) is 0 Å². The van der Waals surface area contributed by atoms with Crippen LogP contribution in [0, 0.1) is 11.3 Å². The van der Waals surface area contributed by atoms with E-state index in [9.17, 15) is 4.55 Å². The molecule has 1 saturated heterocycles. The van der Waals surface area contributed by atoms with Gasteiger partial charge in [-0.15, -0.1) is 0 Å². The molecule has 2 aliphatic rings. The van der Waals surface area contributed by atoms with E-state index in [2.05, 4.69) is 33.8 Å². The lowest BCUT2D eigenvalue weighted by molar-refractivity contribution is 0.527. The summed E-state index contributed by atoms with van der Waals surface area (Å²) in [5.74, 6) is 0.892. The Hall–Kier alpha value is -0.190. The standard InChI is InChI=1S/C14H18BrNOS/c1-10-8-14(10)5-6-16(9-14)13-4-3-11(18(2)17)7-12(13)15/h3-4,7,10H,5-6,8-9H2,1-2H3. The molecule has 0 amide bonds. The molecular weight excluding hydrogens is 310 g/mol. The van der Waals surface area contributed by atoms with Gasteiger partial charge >= 0.3 is 0 Å². The first-order valence-corrected chi connectivity index (χ1v) is 8.75. The van der Waals surface area contributed by atoms with Crippen molar-refractivity contribution in [3.05, 3.63) is 22.7 Å². The molecule has 1 heterocycles. The lowest BCUT2D eigenvalue weighted by Crippen LogP contribution is -2.21. The largest absolute Gasteiger partial charge is 0.612 e. The van der Waals surface area contributed by atoms with Gasteiger partial charge in [-0.25, -0.2) is 0 Å². The fourth-order valence-electron chi connectivity index (χ4n) is 3.14. The Balaban J connectivity index is 1.81. The van der Waals surface area contributed by atoms with Gasteiger partial charge in [-0.1, -0.05) is 6.92 Å². The number of hydrogen-bond donors (Lipinski definition) is 0. The lowest BCUT2D eigenvalue weighted by Gasteiger charge is -2.21. The van der Waals surface area contributed by atoms with Crippen LogP contribution in [0.15, 0.2) is 27.6 Å². The van der Waals surface area contributed by atoms with Crippen molar-refractivity contribution >= 4 is 32.8 Å². The third-order valence-corrected chi connectivity index (χ3v) is 6.13. The molecule has 4 heteroatoms. The van der Waals surface area contributed by atoms with Gasteiger partial charge in [-0.3, -0.25) is 0 Å². The van der Waals surface area contributed by atoms with Crippen LogP contribution in [0.2, 0.25) is 0 Å². The molecule has 3 rings (SSSR count). The molecular formula is C14H18BrNOS. The molecule has 98 valence electrons. The lowest BCUT2D eigenvalue weighted by atomic mass is 10.0. The van der Waals surface area contributed by atoms with E-state index in [0.29, 0.717) is 5.41 Å². The minimum atomic E-state index is -0.906. The molecule has 3 unspecified atom stereocenters. The quantitative estimate of drug-likeness (QED) is 0.778.